The molecular weight excluding hydrogens is 369 g/mol. The summed E-state index contributed by atoms with van der Waals surface area (Å²) in [6, 6.07) is 4.69. The van der Waals surface area contributed by atoms with E-state index < -0.39 is 23.5 Å². The maximum Gasteiger partial charge on any atom is 0.331 e. The Balaban J connectivity index is 2.04. The van der Waals surface area contributed by atoms with Gasteiger partial charge in [-0.15, -0.1) is 0 Å². The van der Waals surface area contributed by atoms with E-state index in [4.69, 9.17) is 27.9 Å². The Morgan fingerprint density at radius 3 is 2.64 bits per heavy atom. The number of hydrogen-bond donors (Lipinski definition) is 2. The molecule has 1 aromatic carbocycles. The van der Waals surface area contributed by atoms with Crippen LogP contribution in [0.15, 0.2) is 30.6 Å². The molecule has 9 heteroatoms. The molecule has 1 aromatic heterocycles. The van der Waals surface area contributed by atoms with Crippen molar-refractivity contribution in [2.24, 2.45) is 0 Å². The fourth-order valence-electron chi connectivity index (χ4n) is 1.85. The first kappa shape index (κ1) is 19.1. The summed E-state index contributed by atoms with van der Waals surface area (Å²) in [4.78, 5) is 23.5. The Hall–Kier alpha value is -2.25. The summed E-state index contributed by atoms with van der Waals surface area (Å²) in [6.45, 7) is 4.57. The molecule has 2 rings (SSSR count). The molecule has 2 N–H and O–H groups in total. The summed E-state index contributed by atoms with van der Waals surface area (Å²) in [5, 5.41) is 16.5. The lowest BCUT2D eigenvalue weighted by atomic mass is 10.1. The van der Waals surface area contributed by atoms with Crippen LogP contribution < -0.4 is 10.1 Å². The summed E-state index contributed by atoms with van der Waals surface area (Å²) in [7, 11) is 0. The summed E-state index contributed by atoms with van der Waals surface area (Å²) < 4.78 is 6.78. The van der Waals surface area contributed by atoms with Crippen molar-refractivity contribution < 1.29 is 19.4 Å². The second-order valence-electron chi connectivity index (χ2n) is 5.86. The molecule has 134 valence electrons. The highest BCUT2D eigenvalue weighted by molar-refractivity contribution is 6.35. The van der Waals surface area contributed by atoms with Crippen molar-refractivity contribution in [3.8, 4) is 5.75 Å². The number of aliphatic carboxylic acids is 1. The van der Waals surface area contributed by atoms with Gasteiger partial charge in [0.2, 0.25) is 0 Å². The van der Waals surface area contributed by atoms with Gasteiger partial charge in [-0.25, -0.2) is 4.79 Å². The average molecular weight is 386 g/mol. The van der Waals surface area contributed by atoms with Crippen molar-refractivity contribution >= 4 is 40.8 Å². The number of carbonyl (C=O) groups is 2. The number of carbonyl (C=O) groups excluding carboxylic acids is 1. The number of hydrogen-bond acceptors (Lipinski definition) is 4. The van der Waals surface area contributed by atoms with Gasteiger partial charge in [-0.1, -0.05) is 23.2 Å². The van der Waals surface area contributed by atoms with Crippen molar-refractivity contribution in [2.75, 3.05) is 5.32 Å². The monoisotopic (exact) mass is 385 g/mol. The van der Waals surface area contributed by atoms with Crippen LogP contribution in [0, 0.1) is 0 Å². The Morgan fingerprint density at radius 2 is 2.04 bits per heavy atom. The van der Waals surface area contributed by atoms with Crippen LogP contribution in [-0.4, -0.2) is 32.9 Å². The lowest BCUT2D eigenvalue weighted by Crippen LogP contribution is -2.36. The topological polar surface area (TPSA) is 93.5 Å². The van der Waals surface area contributed by atoms with Crippen molar-refractivity contribution in [1.29, 1.82) is 0 Å². The number of amides is 1. The summed E-state index contributed by atoms with van der Waals surface area (Å²) in [6.07, 6.45) is 1.97. The number of carboxylic acid groups (broad SMARTS) is 1. The fraction of sp³-hybridized carbons (Fsp3) is 0.312. The number of benzene rings is 1. The quantitative estimate of drug-likeness (QED) is 0.794. The minimum atomic E-state index is -1.23. The second kappa shape index (κ2) is 7.33. The van der Waals surface area contributed by atoms with E-state index in [0.717, 1.165) is 0 Å². The number of nitrogens with one attached hydrogen (secondary N) is 1. The maximum atomic E-state index is 12.2. The van der Waals surface area contributed by atoms with Gasteiger partial charge in [-0.2, -0.15) is 5.10 Å². The minimum Gasteiger partial charge on any atom is -0.479 e. The van der Waals surface area contributed by atoms with Gasteiger partial charge in [0, 0.05) is 11.2 Å². The predicted molar refractivity (Wildman–Crippen MR) is 94.4 cm³/mol. The van der Waals surface area contributed by atoms with Crippen LogP contribution in [0.2, 0.25) is 10.0 Å². The molecule has 1 atom stereocenters. The molecule has 25 heavy (non-hydrogen) atoms. The smallest absolute Gasteiger partial charge is 0.331 e. The number of ether oxygens (including phenoxy) is 1. The molecule has 0 fully saturated rings. The molecule has 0 aliphatic carbocycles. The summed E-state index contributed by atoms with van der Waals surface area (Å²) in [5.41, 5.74) is -0.876. The molecule has 0 saturated carbocycles. The highest BCUT2D eigenvalue weighted by Crippen LogP contribution is 2.28. The molecule has 1 heterocycles. The summed E-state index contributed by atoms with van der Waals surface area (Å²) >= 11 is 11.8. The van der Waals surface area contributed by atoms with Gasteiger partial charge in [0.25, 0.3) is 5.91 Å². The molecule has 1 amide bonds. The number of aromatic nitrogens is 2. The predicted octanol–water partition coefficient (Wildman–Crippen LogP) is 3.42. The molecule has 7 nitrogen and oxygen atoms in total. The molecule has 0 bridgehead atoms. The van der Waals surface area contributed by atoms with E-state index in [1.165, 1.54) is 37.0 Å². The average Bonchev–Trinajstić information content (AvgIpc) is 2.99. The van der Waals surface area contributed by atoms with E-state index in [0.29, 0.717) is 21.5 Å². The Bertz CT molecular complexity index is 804. The maximum absolute atomic E-state index is 12.2. The van der Waals surface area contributed by atoms with Gasteiger partial charge in [-0.3, -0.25) is 9.48 Å². The third-order valence-corrected chi connectivity index (χ3v) is 4.04. The molecule has 0 aliphatic rings. The molecule has 0 saturated heterocycles. The lowest BCUT2D eigenvalue weighted by molar-refractivity contribution is -0.146. The number of carboxylic acids is 1. The highest BCUT2D eigenvalue weighted by atomic mass is 35.5. The first-order valence-electron chi connectivity index (χ1n) is 7.32. The SMILES string of the molecule is CC(Oc1ccc(Cl)cc1Cl)C(=O)Nc1cnn(C(C)(C)C(=O)O)c1. The standard InChI is InChI=1S/C16H17Cl2N3O4/c1-9(25-13-5-4-10(17)6-12(13)18)14(22)20-11-7-19-21(8-11)16(2,3)15(23)24/h4-9H,1-3H3,(H,20,22)(H,23,24). The molecular formula is C16H17Cl2N3O4. The van der Waals surface area contributed by atoms with Crippen LogP contribution in [0.5, 0.6) is 5.75 Å². The van der Waals surface area contributed by atoms with Crippen LogP contribution in [0.1, 0.15) is 20.8 Å². The Kier molecular flexibility index (Phi) is 5.59. The van der Waals surface area contributed by atoms with Crippen molar-refractivity contribution in [1.82, 2.24) is 9.78 Å². The summed E-state index contributed by atoms with van der Waals surface area (Å²) in [5.74, 6) is -1.14. The van der Waals surface area contributed by atoms with Crippen LogP contribution in [0.3, 0.4) is 0 Å². The zero-order chi connectivity index (χ0) is 18.8. The molecule has 1 unspecified atom stereocenters. The van der Waals surface area contributed by atoms with Crippen molar-refractivity contribution in [3.63, 3.8) is 0 Å². The first-order valence-corrected chi connectivity index (χ1v) is 8.08. The molecule has 0 spiro atoms. The van der Waals surface area contributed by atoms with Crippen LogP contribution >= 0.6 is 23.2 Å². The molecule has 0 aliphatic heterocycles. The number of rotatable bonds is 6. The molecule has 0 radical (unpaired) electrons. The van der Waals surface area contributed by atoms with Crippen LogP contribution in [0.25, 0.3) is 0 Å². The third-order valence-electron chi connectivity index (χ3n) is 3.51. The zero-order valence-electron chi connectivity index (χ0n) is 13.8. The van der Waals surface area contributed by atoms with E-state index in [2.05, 4.69) is 10.4 Å². The van der Waals surface area contributed by atoms with Gasteiger partial charge in [-0.05, 0) is 39.0 Å². The van der Waals surface area contributed by atoms with Crippen LogP contribution in [0.4, 0.5) is 5.69 Å². The second-order valence-corrected chi connectivity index (χ2v) is 6.71. The van der Waals surface area contributed by atoms with Gasteiger partial charge in [0.05, 0.1) is 16.9 Å². The van der Waals surface area contributed by atoms with E-state index in [1.807, 2.05) is 0 Å². The number of anilines is 1. The van der Waals surface area contributed by atoms with Gasteiger partial charge < -0.3 is 15.2 Å². The van der Waals surface area contributed by atoms with E-state index in [9.17, 15) is 14.7 Å². The third kappa shape index (κ3) is 4.43. The fourth-order valence-corrected chi connectivity index (χ4v) is 2.30. The zero-order valence-corrected chi connectivity index (χ0v) is 15.3. The normalized spacial score (nSPS) is 12.5. The number of halogens is 2. The lowest BCUT2D eigenvalue weighted by Gasteiger charge is -2.19. The van der Waals surface area contributed by atoms with Crippen molar-refractivity contribution in [3.05, 3.63) is 40.6 Å². The Morgan fingerprint density at radius 1 is 1.36 bits per heavy atom. The largest absolute Gasteiger partial charge is 0.479 e. The van der Waals surface area contributed by atoms with Gasteiger partial charge >= 0.3 is 5.97 Å². The highest BCUT2D eigenvalue weighted by Gasteiger charge is 2.30. The van der Waals surface area contributed by atoms with Gasteiger partial charge in [0.1, 0.15) is 5.75 Å². The van der Waals surface area contributed by atoms with Crippen molar-refractivity contribution in [2.45, 2.75) is 32.4 Å². The van der Waals surface area contributed by atoms with E-state index in [1.54, 1.807) is 19.1 Å². The molecule has 2 aromatic rings. The van der Waals surface area contributed by atoms with Gasteiger partial charge in [0.15, 0.2) is 11.6 Å². The van der Waals surface area contributed by atoms with E-state index in [-0.39, 0.29) is 0 Å². The Labute approximate surface area is 154 Å². The van der Waals surface area contributed by atoms with E-state index >= 15 is 0 Å². The van der Waals surface area contributed by atoms with Crippen LogP contribution in [-0.2, 0) is 15.1 Å². The minimum absolute atomic E-state index is 0.295. The number of nitrogens with zero attached hydrogens (tertiary/aromatic N) is 2. The first-order chi connectivity index (χ1) is 11.6.